The van der Waals surface area contributed by atoms with Gasteiger partial charge in [0.25, 0.3) is 6.47 Å². The topological polar surface area (TPSA) is 68.3 Å². The number of unbranched alkanes of at least 4 members (excludes halogenated alkanes) is 1. The number of benzene rings is 3. The SMILES string of the molecule is CCCCc1ccc(-n2c(-c3c(-c4ccccc4)noc3C)cc3c2CCc2ccccc2-3)cc1.O=CO. The molecule has 0 fully saturated rings. The average Bonchev–Trinajstić information content (AvgIpc) is 3.53. The van der Waals surface area contributed by atoms with Crippen molar-refractivity contribution in [2.75, 3.05) is 0 Å². The second kappa shape index (κ2) is 11.3. The Morgan fingerprint density at radius 3 is 2.39 bits per heavy atom. The highest BCUT2D eigenvalue weighted by atomic mass is 16.5. The number of aromatic nitrogens is 2. The predicted molar refractivity (Wildman–Crippen MR) is 152 cm³/mol. The van der Waals surface area contributed by atoms with Crippen LogP contribution in [0.15, 0.2) is 89.5 Å². The third-order valence-electron chi connectivity index (χ3n) is 7.22. The number of carbonyl (C=O) groups is 1. The van der Waals surface area contributed by atoms with Crippen LogP contribution in [0.25, 0.3) is 39.3 Å². The Bertz CT molecular complexity index is 1530. The first kappa shape index (κ1) is 25.3. The molecule has 0 amide bonds. The van der Waals surface area contributed by atoms with E-state index in [0.29, 0.717) is 0 Å². The highest BCUT2D eigenvalue weighted by Gasteiger charge is 2.27. The molecule has 5 heteroatoms. The fraction of sp³-hybridized carbons (Fsp3) is 0.212. The van der Waals surface area contributed by atoms with Crippen molar-refractivity contribution in [2.24, 2.45) is 0 Å². The summed E-state index contributed by atoms with van der Waals surface area (Å²) in [6.45, 7) is 4.02. The molecule has 5 aromatic rings. The molecule has 192 valence electrons. The molecule has 0 spiro atoms. The first-order valence-electron chi connectivity index (χ1n) is 13.2. The van der Waals surface area contributed by atoms with E-state index in [1.807, 2.05) is 13.0 Å². The quantitative estimate of drug-likeness (QED) is 0.239. The standard InChI is InChI=1S/C32H30N2O.CH2O2/c1-3-4-10-23-15-18-26(19-16-23)34-29-20-17-24-11-8-9-14-27(24)28(29)21-30(34)31-22(2)35-33-32(31)25-12-6-5-7-13-25;2-1-3/h5-9,11-16,18-19,21H,3-4,10,17,20H2,1-2H3;1H,(H,2,3). The summed E-state index contributed by atoms with van der Waals surface area (Å²) >= 11 is 0. The third-order valence-corrected chi connectivity index (χ3v) is 7.22. The number of hydrogen-bond donors (Lipinski definition) is 1. The van der Waals surface area contributed by atoms with Gasteiger partial charge in [-0.2, -0.15) is 0 Å². The van der Waals surface area contributed by atoms with Gasteiger partial charge >= 0.3 is 0 Å². The number of hydrogen-bond acceptors (Lipinski definition) is 3. The van der Waals surface area contributed by atoms with Gasteiger partial charge in [0.05, 0.1) is 11.3 Å². The monoisotopic (exact) mass is 504 g/mol. The molecule has 0 saturated carbocycles. The van der Waals surface area contributed by atoms with E-state index in [9.17, 15) is 0 Å². The van der Waals surface area contributed by atoms with Crippen LogP contribution in [0.3, 0.4) is 0 Å². The van der Waals surface area contributed by atoms with Crippen LogP contribution >= 0.6 is 0 Å². The maximum absolute atomic E-state index is 8.36. The highest BCUT2D eigenvalue weighted by molar-refractivity contribution is 5.86. The lowest BCUT2D eigenvalue weighted by Crippen LogP contribution is -2.09. The Kier molecular flexibility index (Phi) is 7.55. The molecule has 1 N–H and O–H groups in total. The molecule has 3 aromatic carbocycles. The van der Waals surface area contributed by atoms with E-state index in [0.717, 1.165) is 47.5 Å². The molecule has 0 radical (unpaired) electrons. The van der Waals surface area contributed by atoms with Crippen molar-refractivity contribution in [3.05, 3.63) is 108 Å². The van der Waals surface area contributed by atoms with E-state index in [1.54, 1.807) is 0 Å². The lowest BCUT2D eigenvalue weighted by molar-refractivity contribution is -0.122. The van der Waals surface area contributed by atoms with Crippen LogP contribution in [-0.2, 0) is 24.1 Å². The van der Waals surface area contributed by atoms with Gasteiger partial charge < -0.3 is 14.2 Å². The predicted octanol–water partition coefficient (Wildman–Crippen LogP) is 7.92. The molecule has 2 heterocycles. The highest BCUT2D eigenvalue weighted by Crippen LogP contribution is 2.43. The normalized spacial score (nSPS) is 11.7. The molecule has 0 aliphatic heterocycles. The van der Waals surface area contributed by atoms with Crippen molar-refractivity contribution >= 4 is 6.47 Å². The molecule has 0 unspecified atom stereocenters. The summed E-state index contributed by atoms with van der Waals surface area (Å²) in [6, 6.07) is 30.6. The summed E-state index contributed by atoms with van der Waals surface area (Å²) in [5, 5.41) is 11.4. The molecular formula is C33H32N2O3. The van der Waals surface area contributed by atoms with Gasteiger partial charge in [0.15, 0.2) is 0 Å². The summed E-state index contributed by atoms with van der Waals surface area (Å²) in [7, 11) is 0. The lowest BCUT2D eigenvalue weighted by Gasteiger charge is -2.20. The van der Waals surface area contributed by atoms with Crippen LogP contribution in [0.4, 0.5) is 0 Å². The van der Waals surface area contributed by atoms with Crippen molar-refractivity contribution in [3.63, 3.8) is 0 Å². The van der Waals surface area contributed by atoms with Gasteiger partial charge in [-0.05, 0) is 67.5 Å². The van der Waals surface area contributed by atoms with Crippen LogP contribution in [0.2, 0.25) is 0 Å². The van der Waals surface area contributed by atoms with Crippen LogP contribution < -0.4 is 0 Å². The van der Waals surface area contributed by atoms with Gasteiger partial charge in [0.2, 0.25) is 0 Å². The number of nitrogens with zero attached hydrogens (tertiary/aromatic N) is 2. The van der Waals surface area contributed by atoms with Crippen LogP contribution in [0.5, 0.6) is 0 Å². The van der Waals surface area contributed by atoms with E-state index >= 15 is 0 Å². The Morgan fingerprint density at radius 2 is 1.66 bits per heavy atom. The molecule has 6 rings (SSSR count). The number of fused-ring (bicyclic) bond motifs is 3. The van der Waals surface area contributed by atoms with Gasteiger partial charge in [-0.1, -0.05) is 85.2 Å². The number of carboxylic acid groups (broad SMARTS) is 1. The van der Waals surface area contributed by atoms with Crippen LogP contribution in [0, 0.1) is 6.92 Å². The molecular weight excluding hydrogens is 472 g/mol. The van der Waals surface area contributed by atoms with Gasteiger partial charge in [0.1, 0.15) is 11.5 Å². The fourth-order valence-corrected chi connectivity index (χ4v) is 5.42. The Balaban J connectivity index is 0.000000937. The molecule has 0 bridgehead atoms. The van der Waals surface area contributed by atoms with E-state index in [2.05, 4.69) is 95.5 Å². The van der Waals surface area contributed by atoms with Gasteiger partial charge in [-0.15, -0.1) is 0 Å². The zero-order valence-electron chi connectivity index (χ0n) is 21.9. The third kappa shape index (κ3) is 4.80. The second-order valence-electron chi connectivity index (χ2n) is 9.59. The molecule has 1 aliphatic rings. The van der Waals surface area contributed by atoms with E-state index in [4.69, 9.17) is 14.4 Å². The Morgan fingerprint density at radius 1 is 0.947 bits per heavy atom. The zero-order valence-corrected chi connectivity index (χ0v) is 21.9. The second-order valence-corrected chi connectivity index (χ2v) is 9.59. The zero-order chi connectivity index (χ0) is 26.5. The van der Waals surface area contributed by atoms with E-state index in [1.165, 1.54) is 46.5 Å². The minimum absolute atomic E-state index is 0.250. The van der Waals surface area contributed by atoms with Crippen molar-refractivity contribution in [1.82, 2.24) is 9.72 Å². The van der Waals surface area contributed by atoms with Crippen LogP contribution in [0.1, 0.15) is 42.3 Å². The summed E-state index contributed by atoms with van der Waals surface area (Å²) in [4.78, 5) is 8.36. The minimum atomic E-state index is -0.250. The maximum atomic E-state index is 8.36. The maximum Gasteiger partial charge on any atom is 0.290 e. The largest absolute Gasteiger partial charge is 0.483 e. The molecule has 38 heavy (non-hydrogen) atoms. The average molecular weight is 505 g/mol. The molecule has 0 saturated heterocycles. The minimum Gasteiger partial charge on any atom is -0.483 e. The Labute approximate surface area is 223 Å². The smallest absolute Gasteiger partial charge is 0.290 e. The van der Waals surface area contributed by atoms with Gasteiger partial charge in [0, 0.05) is 22.5 Å². The first-order chi connectivity index (χ1) is 18.7. The summed E-state index contributed by atoms with van der Waals surface area (Å²) in [6.07, 6.45) is 5.63. The number of rotatable bonds is 6. The van der Waals surface area contributed by atoms with Crippen LogP contribution in [-0.4, -0.2) is 21.3 Å². The van der Waals surface area contributed by atoms with E-state index < -0.39 is 0 Å². The summed E-state index contributed by atoms with van der Waals surface area (Å²) < 4.78 is 8.24. The van der Waals surface area contributed by atoms with E-state index in [-0.39, 0.29) is 6.47 Å². The Hall–Kier alpha value is -4.38. The van der Waals surface area contributed by atoms with Gasteiger partial charge in [-0.3, -0.25) is 4.79 Å². The van der Waals surface area contributed by atoms with Crippen molar-refractivity contribution in [2.45, 2.75) is 46.0 Å². The number of aryl methyl sites for hydroxylation is 3. The first-order valence-corrected chi connectivity index (χ1v) is 13.2. The van der Waals surface area contributed by atoms with Crippen molar-refractivity contribution < 1.29 is 14.4 Å². The molecule has 2 aromatic heterocycles. The summed E-state index contributed by atoms with van der Waals surface area (Å²) in [5.41, 5.74) is 12.2. The fourth-order valence-electron chi connectivity index (χ4n) is 5.42. The molecule has 5 nitrogen and oxygen atoms in total. The molecule has 1 aliphatic carbocycles. The molecule has 0 atom stereocenters. The summed E-state index contributed by atoms with van der Waals surface area (Å²) in [5.74, 6) is 0.841. The van der Waals surface area contributed by atoms with Gasteiger partial charge in [-0.25, -0.2) is 0 Å². The lowest BCUT2D eigenvalue weighted by atomic mass is 9.89. The van der Waals surface area contributed by atoms with Crippen molar-refractivity contribution in [3.8, 4) is 39.3 Å². The van der Waals surface area contributed by atoms with Crippen molar-refractivity contribution in [1.29, 1.82) is 0 Å².